The summed E-state index contributed by atoms with van der Waals surface area (Å²) in [5, 5.41) is 3.18. The van der Waals surface area contributed by atoms with E-state index in [1.165, 1.54) is 0 Å². The number of thiocarbonyl (C=S) groups is 1. The Morgan fingerprint density at radius 2 is 2.42 bits per heavy atom. The second-order valence-corrected chi connectivity index (χ2v) is 2.53. The number of hydrogen-bond donors (Lipinski definition) is 2. The van der Waals surface area contributed by atoms with E-state index < -0.39 is 0 Å². The summed E-state index contributed by atoms with van der Waals surface area (Å²) >= 11 is 4.63. The van der Waals surface area contributed by atoms with Crippen molar-refractivity contribution in [2.75, 3.05) is 6.54 Å². The third kappa shape index (κ3) is 4.15. The monoisotopic (exact) mass is 206 g/mol. The first-order valence-corrected chi connectivity index (χ1v) is 3.69. The van der Waals surface area contributed by atoms with E-state index in [2.05, 4.69) is 22.5 Å². The molecule has 0 fully saturated rings. The van der Waals surface area contributed by atoms with Crippen LogP contribution in [0.2, 0.25) is 0 Å². The maximum absolute atomic E-state index is 5.23. The van der Waals surface area contributed by atoms with Crippen LogP contribution in [-0.2, 0) is 6.54 Å². The first-order valence-electron chi connectivity index (χ1n) is 3.28. The molecule has 0 aromatic carbocycles. The zero-order valence-corrected chi connectivity index (χ0v) is 8.07. The van der Waals surface area contributed by atoms with Gasteiger partial charge in [0.15, 0.2) is 5.11 Å². The molecular weight excluding hydrogens is 196 g/mol. The lowest BCUT2D eigenvalue weighted by molar-refractivity contribution is 0.674. The van der Waals surface area contributed by atoms with Crippen molar-refractivity contribution in [1.29, 1.82) is 0 Å². The molecule has 0 saturated carbocycles. The summed E-state index contributed by atoms with van der Waals surface area (Å²) in [5.41, 5.74) is 5.23. The van der Waals surface area contributed by atoms with Gasteiger partial charge in [0.2, 0.25) is 0 Å². The predicted octanol–water partition coefficient (Wildman–Crippen LogP) is 0.138. The summed E-state index contributed by atoms with van der Waals surface area (Å²) in [6, 6.07) is 0. The van der Waals surface area contributed by atoms with Crippen molar-refractivity contribution in [3.63, 3.8) is 0 Å². The lowest BCUT2D eigenvalue weighted by Crippen LogP contribution is -2.31. The van der Waals surface area contributed by atoms with Crippen LogP contribution in [0, 0.1) is 0 Å². The van der Waals surface area contributed by atoms with Crippen LogP contribution in [0.4, 0.5) is 0 Å². The van der Waals surface area contributed by atoms with Gasteiger partial charge < -0.3 is 15.6 Å². The molecule has 0 bridgehead atoms. The third-order valence-electron chi connectivity index (χ3n) is 1.23. The number of hydrogen-bond acceptors (Lipinski definition) is 2. The minimum atomic E-state index is 0. The molecule has 4 nitrogen and oxygen atoms in total. The van der Waals surface area contributed by atoms with Gasteiger partial charge in [0.1, 0.15) is 0 Å². The van der Waals surface area contributed by atoms with E-state index in [0.29, 0.717) is 5.11 Å². The van der Waals surface area contributed by atoms with Crippen LogP contribution < -0.4 is 11.1 Å². The van der Waals surface area contributed by atoms with E-state index in [-0.39, 0.29) is 12.4 Å². The summed E-state index contributed by atoms with van der Waals surface area (Å²) < 4.78 is 1.95. The molecule has 1 rings (SSSR count). The number of nitrogens with one attached hydrogen (secondary N) is 1. The number of imidazole rings is 1. The average molecular weight is 207 g/mol. The Bertz CT molecular complexity index is 223. The van der Waals surface area contributed by atoms with Gasteiger partial charge in [0.25, 0.3) is 0 Å². The smallest absolute Gasteiger partial charge is 0.163 e. The maximum atomic E-state index is 5.23. The minimum absolute atomic E-state index is 0. The van der Waals surface area contributed by atoms with Gasteiger partial charge in [-0.3, -0.25) is 0 Å². The molecule has 0 aliphatic heterocycles. The summed E-state index contributed by atoms with van der Waals surface area (Å²) in [6.07, 6.45) is 5.38. The fraction of sp³-hybridized carbons (Fsp3) is 0.333. The molecule has 1 heterocycles. The molecule has 0 radical (unpaired) electrons. The zero-order valence-electron chi connectivity index (χ0n) is 6.43. The van der Waals surface area contributed by atoms with Crippen molar-refractivity contribution in [2.24, 2.45) is 5.73 Å². The Morgan fingerprint density at radius 1 is 1.67 bits per heavy atom. The van der Waals surface area contributed by atoms with Crippen LogP contribution >= 0.6 is 24.6 Å². The number of nitrogens with zero attached hydrogens (tertiary/aromatic N) is 2. The van der Waals surface area contributed by atoms with Crippen molar-refractivity contribution < 1.29 is 0 Å². The van der Waals surface area contributed by atoms with Crippen LogP contribution in [0.1, 0.15) is 0 Å². The number of nitrogens with two attached hydrogens (primary N) is 1. The van der Waals surface area contributed by atoms with E-state index in [1.807, 2.05) is 10.8 Å². The van der Waals surface area contributed by atoms with Gasteiger partial charge in [-0.2, -0.15) is 0 Å². The van der Waals surface area contributed by atoms with Crippen molar-refractivity contribution in [2.45, 2.75) is 6.54 Å². The zero-order chi connectivity index (χ0) is 8.10. The molecule has 0 spiro atoms. The minimum Gasteiger partial charge on any atom is -0.376 e. The van der Waals surface area contributed by atoms with Crippen LogP contribution in [-0.4, -0.2) is 21.2 Å². The predicted molar refractivity (Wildman–Crippen MR) is 54.3 cm³/mol. The average Bonchev–Trinajstić information content (AvgIpc) is 2.39. The largest absolute Gasteiger partial charge is 0.376 e. The molecule has 3 N–H and O–H groups in total. The van der Waals surface area contributed by atoms with Crippen molar-refractivity contribution >= 4 is 29.7 Å². The van der Waals surface area contributed by atoms with E-state index in [4.69, 9.17) is 5.73 Å². The van der Waals surface area contributed by atoms with Gasteiger partial charge in [-0.25, -0.2) is 4.98 Å². The Kier molecular flexibility index (Phi) is 5.40. The quantitative estimate of drug-likeness (QED) is 0.691. The second-order valence-electron chi connectivity index (χ2n) is 2.09. The molecule has 6 heteroatoms. The van der Waals surface area contributed by atoms with Gasteiger partial charge in [-0.15, -0.1) is 12.4 Å². The first-order chi connectivity index (χ1) is 5.29. The Labute approximate surface area is 82.6 Å². The lowest BCUT2D eigenvalue weighted by atomic mass is 10.6. The van der Waals surface area contributed by atoms with Crippen LogP contribution in [0.25, 0.3) is 0 Å². The third-order valence-corrected chi connectivity index (χ3v) is 1.37. The molecular formula is C6H11ClN4S. The normalized spacial score (nSPS) is 8.67. The van der Waals surface area contributed by atoms with Gasteiger partial charge in [0, 0.05) is 25.5 Å². The van der Waals surface area contributed by atoms with Crippen molar-refractivity contribution in [3.05, 3.63) is 18.7 Å². The summed E-state index contributed by atoms with van der Waals surface area (Å²) in [4.78, 5) is 3.89. The highest BCUT2D eigenvalue weighted by Crippen LogP contribution is 1.82. The standard InChI is InChI=1S/C6H10N4S.ClH/c7-6(11)9-2-4-10-3-1-8-5-10;/h1,3,5H,2,4H2,(H3,7,9,11);1H. The van der Waals surface area contributed by atoms with Gasteiger partial charge in [-0.1, -0.05) is 0 Å². The fourth-order valence-electron chi connectivity index (χ4n) is 0.727. The van der Waals surface area contributed by atoms with E-state index in [1.54, 1.807) is 12.5 Å². The number of aromatic nitrogens is 2. The van der Waals surface area contributed by atoms with Gasteiger partial charge >= 0.3 is 0 Å². The van der Waals surface area contributed by atoms with Crippen molar-refractivity contribution in [3.8, 4) is 0 Å². The molecule has 0 atom stereocenters. The molecule has 0 unspecified atom stereocenters. The Morgan fingerprint density at radius 3 is 2.92 bits per heavy atom. The first kappa shape index (κ1) is 11.2. The molecule has 1 aromatic rings. The van der Waals surface area contributed by atoms with E-state index >= 15 is 0 Å². The molecule has 12 heavy (non-hydrogen) atoms. The SMILES string of the molecule is Cl.NC(=S)NCCn1ccnc1. The van der Waals surface area contributed by atoms with Gasteiger partial charge in [-0.05, 0) is 12.2 Å². The molecule has 68 valence electrons. The van der Waals surface area contributed by atoms with E-state index in [0.717, 1.165) is 13.1 Å². The van der Waals surface area contributed by atoms with Gasteiger partial charge in [0.05, 0.1) is 6.33 Å². The summed E-state index contributed by atoms with van der Waals surface area (Å²) in [6.45, 7) is 1.57. The Hall–Kier alpha value is -0.810. The highest BCUT2D eigenvalue weighted by atomic mass is 35.5. The van der Waals surface area contributed by atoms with Crippen molar-refractivity contribution in [1.82, 2.24) is 14.9 Å². The summed E-state index contributed by atoms with van der Waals surface area (Å²) in [7, 11) is 0. The lowest BCUT2D eigenvalue weighted by Gasteiger charge is -2.03. The maximum Gasteiger partial charge on any atom is 0.163 e. The number of rotatable bonds is 3. The Balaban J connectivity index is 0.00000121. The van der Waals surface area contributed by atoms with Crippen LogP contribution in [0.15, 0.2) is 18.7 Å². The highest BCUT2D eigenvalue weighted by molar-refractivity contribution is 7.80. The topological polar surface area (TPSA) is 55.9 Å². The van der Waals surface area contributed by atoms with E-state index in [9.17, 15) is 0 Å². The van der Waals surface area contributed by atoms with Crippen LogP contribution in [0.5, 0.6) is 0 Å². The van der Waals surface area contributed by atoms with Crippen LogP contribution in [0.3, 0.4) is 0 Å². The molecule has 0 amide bonds. The summed E-state index contributed by atoms with van der Waals surface area (Å²) in [5.74, 6) is 0. The number of halogens is 1. The molecule has 1 aromatic heterocycles. The molecule has 0 aliphatic rings. The molecule has 0 aliphatic carbocycles. The second kappa shape index (κ2) is 5.79. The molecule has 0 saturated heterocycles. The highest BCUT2D eigenvalue weighted by Gasteiger charge is 1.88. The fourth-order valence-corrected chi connectivity index (χ4v) is 0.829.